The summed E-state index contributed by atoms with van der Waals surface area (Å²) < 4.78 is 5.08. The Kier molecular flexibility index (Phi) is 9.06. The first-order valence-electron chi connectivity index (χ1n) is 21.5. The molecule has 0 amide bonds. The topological polar surface area (TPSA) is 8.17 Å². The highest BCUT2D eigenvalue weighted by molar-refractivity contribution is 7.25. The van der Waals surface area contributed by atoms with Gasteiger partial charge < -0.3 is 9.47 Å². The van der Waals surface area contributed by atoms with Gasteiger partial charge in [0.15, 0.2) is 0 Å². The zero-order chi connectivity index (χ0) is 41.7. The third-order valence-electron chi connectivity index (χ3n) is 12.4. The van der Waals surface area contributed by atoms with E-state index in [0.29, 0.717) is 0 Å². The number of para-hydroxylation sites is 2. The summed E-state index contributed by atoms with van der Waals surface area (Å²) in [5.74, 6) is 0. The highest BCUT2D eigenvalue weighted by atomic mass is 32.1. The number of thiophene rings is 1. The van der Waals surface area contributed by atoms with Crippen molar-refractivity contribution in [3.63, 3.8) is 0 Å². The number of hydrogen-bond acceptors (Lipinski definition) is 2. The van der Waals surface area contributed by atoms with Crippen LogP contribution in [0.1, 0.15) is 0 Å². The van der Waals surface area contributed by atoms with Crippen LogP contribution in [0.5, 0.6) is 0 Å². The first-order valence-corrected chi connectivity index (χ1v) is 22.3. The molecule has 0 bridgehead atoms. The maximum atomic E-state index is 2.50. The Morgan fingerprint density at radius 2 is 0.810 bits per heavy atom. The molecule has 63 heavy (non-hydrogen) atoms. The number of rotatable bonds is 8. The fraction of sp³-hybridized carbons (Fsp3) is 0. The highest BCUT2D eigenvalue weighted by Gasteiger charge is 2.23. The van der Waals surface area contributed by atoms with Gasteiger partial charge in [0.2, 0.25) is 0 Å². The SMILES string of the molecule is c1ccc(-c2cccc(N(c3ccc4sc5ccccc5c4c3)c3ccccc3-c3ccccc3-n3c4cc(-c5ccccc5)ccc4c4ccc(-c5ccccc5)cc43)c2)cc1. The second-order valence-electron chi connectivity index (χ2n) is 16.1. The number of aromatic nitrogens is 1. The average Bonchev–Trinajstić information content (AvgIpc) is 3.90. The second-order valence-corrected chi connectivity index (χ2v) is 17.2. The zero-order valence-electron chi connectivity index (χ0n) is 34.4. The lowest BCUT2D eigenvalue weighted by molar-refractivity contribution is 1.18. The molecule has 0 atom stereocenters. The van der Waals surface area contributed by atoms with E-state index in [4.69, 9.17) is 0 Å². The minimum atomic E-state index is 1.09. The fourth-order valence-electron chi connectivity index (χ4n) is 9.43. The third kappa shape index (κ3) is 6.50. The predicted octanol–water partition coefficient (Wildman–Crippen LogP) is 17.3. The van der Waals surface area contributed by atoms with Crippen molar-refractivity contribution in [3.8, 4) is 50.2 Å². The van der Waals surface area contributed by atoms with Gasteiger partial charge >= 0.3 is 0 Å². The van der Waals surface area contributed by atoms with Gasteiger partial charge in [-0.15, -0.1) is 11.3 Å². The van der Waals surface area contributed by atoms with Gasteiger partial charge in [0.1, 0.15) is 0 Å². The van der Waals surface area contributed by atoms with Crippen molar-refractivity contribution in [2.45, 2.75) is 0 Å². The molecule has 12 rings (SSSR count). The molecule has 0 fully saturated rings. The molecule has 3 heteroatoms. The van der Waals surface area contributed by atoms with Crippen molar-refractivity contribution in [3.05, 3.63) is 243 Å². The average molecular weight is 821 g/mol. The standard InChI is InChI=1S/C60H40N2S/c1-4-17-41(18-5-1)44-23-16-24-47(37-44)61(48-33-36-60-54(40-48)53-27-12-15-30-59(53)63-60)55-28-13-10-25-49(55)50-26-11-14-29-56(50)62-57-38-45(42-19-6-2-7-20-42)31-34-51(57)52-35-32-46(39-58(52)62)43-21-8-3-9-22-43/h1-40H. The van der Waals surface area contributed by atoms with Crippen molar-refractivity contribution in [1.29, 1.82) is 0 Å². The molecule has 0 saturated carbocycles. The van der Waals surface area contributed by atoms with E-state index in [-0.39, 0.29) is 0 Å². The molecule has 0 aliphatic heterocycles. The molecular formula is C60H40N2S. The van der Waals surface area contributed by atoms with Crippen LogP contribution in [-0.4, -0.2) is 4.57 Å². The van der Waals surface area contributed by atoms with E-state index in [9.17, 15) is 0 Å². The number of hydrogen-bond donors (Lipinski definition) is 0. The Hall–Kier alpha value is -7.98. The van der Waals surface area contributed by atoms with Crippen molar-refractivity contribution in [1.82, 2.24) is 4.57 Å². The van der Waals surface area contributed by atoms with Gasteiger partial charge in [-0.05, 0) is 94.0 Å². The first-order chi connectivity index (χ1) is 31.2. The molecule has 0 saturated heterocycles. The van der Waals surface area contributed by atoms with Gasteiger partial charge in [0.25, 0.3) is 0 Å². The van der Waals surface area contributed by atoms with Crippen LogP contribution in [0.3, 0.4) is 0 Å². The number of fused-ring (bicyclic) bond motifs is 6. The van der Waals surface area contributed by atoms with Crippen molar-refractivity contribution in [2.24, 2.45) is 0 Å². The van der Waals surface area contributed by atoms with E-state index < -0.39 is 0 Å². The number of anilines is 3. The molecule has 12 aromatic rings. The number of benzene rings is 10. The summed E-state index contributed by atoms with van der Waals surface area (Å²) in [5, 5.41) is 5.00. The van der Waals surface area contributed by atoms with E-state index in [1.54, 1.807) is 0 Å². The lowest BCUT2D eigenvalue weighted by atomic mass is 9.98. The monoisotopic (exact) mass is 820 g/mol. The summed E-state index contributed by atoms with van der Waals surface area (Å²) in [6.07, 6.45) is 0. The Morgan fingerprint density at radius 3 is 1.48 bits per heavy atom. The lowest BCUT2D eigenvalue weighted by Crippen LogP contribution is -2.11. The van der Waals surface area contributed by atoms with Gasteiger partial charge in [0.05, 0.1) is 22.4 Å². The quantitative estimate of drug-likeness (QED) is 0.148. The maximum Gasteiger partial charge on any atom is 0.0547 e. The Bertz CT molecular complexity index is 3520. The van der Waals surface area contributed by atoms with Crippen molar-refractivity contribution >= 4 is 70.4 Å². The van der Waals surface area contributed by atoms with Gasteiger partial charge in [-0.3, -0.25) is 0 Å². The fourth-order valence-corrected chi connectivity index (χ4v) is 10.5. The third-order valence-corrected chi connectivity index (χ3v) is 13.5. The predicted molar refractivity (Wildman–Crippen MR) is 270 cm³/mol. The smallest absolute Gasteiger partial charge is 0.0547 e. The molecule has 0 aliphatic rings. The van der Waals surface area contributed by atoms with Crippen LogP contribution in [0.15, 0.2) is 243 Å². The van der Waals surface area contributed by atoms with Crippen LogP contribution in [0, 0.1) is 0 Å². The minimum absolute atomic E-state index is 1.09. The largest absolute Gasteiger partial charge is 0.310 e. The normalized spacial score (nSPS) is 11.5. The van der Waals surface area contributed by atoms with Crippen LogP contribution in [0.2, 0.25) is 0 Å². The molecular weight excluding hydrogens is 781 g/mol. The van der Waals surface area contributed by atoms with Gasteiger partial charge in [-0.2, -0.15) is 0 Å². The molecule has 2 nitrogen and oxygen atoms in total. The molecule has 2 heterocycles. The maximum absolute atomic E-state index is 2.50. The van der Waals surface area contributed by atoms with Gasteiger partial charge in [-0.25, -0.2) is 0 Å². The van der Waals surface area contributed by atoms with Crippen LogP contribution in [0.4, 0.5) is 17.1 Å². The molecule has 0 unspecified atom stereocenters. The molecule has 0 radical (unpaired) electrons. The minimum Gasteiger partial charge on any atom is -0.310 e. The summed E-state index contributed by atoms with van der Waals surface area (Å²) in [6.45, 7) is 0. The van der Waals surface area contributed by atoms with E-state index >= 15 is 0 Å². The Labute approximate surface area is 370 Å². The highest BCUT2D eigenvalue weighted by Crippen LogP contribution is 2.47. The summed E-state index contributed by atoms with van der Waals surface area (Å²) in [6, 6.07) is 88.6. The molecule has 2 aromatic heterocycles. The lowest BCUT2D eigenvalue weighted by Gasteiger charge is -2.29. The second kappa shape index (κ2) is 15.5. The van der Waals surface area contributed by atoms with Gasteiger partial charge in [0, 0.05) is 53.4 Å². The van der Waals surface area contributed by atoms with E-state index in [0.717, 1.165) is 33.9 Å². The molecule has 296 valence electrons. The van der Waals surface area contributed by atoms with Crippen LogP contribution in [0.25, 0.3) is 92.2 Å². The van der Waals surface area contributed by atoms with Gasteiger partial charge in [-0.1, -0.05) is 182 Å². The summed E-state index contributed by atoms with van der Waals surface area (Å²) in [4.78, 5) is 2.46. The van der Waals surface area contributed by atoms with Crippen molar-refractivity contribution < 1.29 is 0 Å². The molecule has 0 spiro atoms. The van der Waals surface area contributed by atoms with Crippen LogP contribution >= 0.6 is 11.3 Å². The first kappa shape index (κ1) is 36.8. The summed E-state index contributed by atoms with van der Waals surface area (Å²) in [5.41, 5.74) is 16.2. The van der Waals surface area contributed by atoms with E-state index in [1.165, 1.54) is 75.4 Å². The molecule has 0 N–H and O–H groups in total. The van der Waals surface area contributed by atoms with E-state index in [1.807, 2.05) is 11.3 Å². The van der Waals surface area contributed by atoms with E-state index in [2.05, 4.69) is 252 Å². The number of nitrogens with zero attached hydrogens (tertiary/aromatic N) is 2. The Morgan fingerprint density at radius 1 is 0.302 bits per heavy atom. The molecule has 10 aromatic carbocycles. The van der Waals surface area contributed by atoms with Crippen molar-refractivity contribution in [2.75, 3.05) is 4.90 Å². The molecule has 0 aliphatic carbocycles. The Balaban J connectivity index is 1.11. The summed E-state index contributed by atoms with van der Waals surface area (Å²) in [7, 11) is 0. The van der Waals surface area contributed by atoms with Crippen LogP contribution in [-0.2, 0) is 0 Å². The van der Waals surface area contributed by atoms with Crippen LogP contribution < -0.4 is 4.90 Å². The zero-order valence-corrected chi connectivity index (χ0v) is 35.2. The summed E-state index contributed by atoms with van der Waals surface area (Å²) >= 11 is 1.85.